The smallest absolute Gasteiger partial charge is 0.254 e. The van der Waals surface area contributed by atoms with Crippen LogP contribution >= 0.6 is 15.9 Å². The zero-order valence-corrected chi connectivity index (χ0v) is 12.1. The van der Waals surface area contributed by atoms with Gasteiger partial charge in [0.15, 0.2) is 0 Å². The van der Waals surface area contributed by atoms with Crippen LogP contribution in [0.1, 0.15) is 29.8 Å². The van der Waals surface area contributed by atoms with E-state index in [-0.39, 0.29) is 17.3 Å². The Morgan fingerprint density at radius 2 is 2.06 bits per heavy atom. The van der Waals surface area contributed by atoms with Gasteiger partial charge in [-0.2, -0.15) is 0 Å². The summed E-state index contributed by atoms with van der Waals surface area (Å²) in [6, 6.07) is 4.28. The Morgan fingerprint density at radius 1 is 1.47 bits per heavy atom. The molecule has 0 spiro atoms. The number of aryl methyl sites for hydroxylation is 1. The lowest BCUT2D eigenvalue weighted by atomic mass is 10.0. The second-order valence-corrected chi connectivity index (χ2v) is 5.33. The molecule has 0 aliphatic rings. The summed E-state index contributed by atoms with van der Waals surface area (Å²) in [4.78, 5) is 13.9. The summed E-state index contributed by atoms with van der Waals surface area (Å²) < 4.78 is 13.2. The molecule has 0 saturated carbocycles. The zero-order valence-electron chi connectivity index (χ0n) is 10.6. The highest BCUT2D eigenvalue weighted by Crippen LogP contribution is 2.20. The van der Waals surface area contributed by atoms with E-state index in [9.17, 15) is 9.18 Å². The molecule has 0 heterocycles. The predicted octanol–water partition coefficient (Wildman–Crippen LogP) is 3.38. The van der Waals surface area contributed by atoms with E-state index in [0.717, 1.165) is 5.56 Å². The van der Waals surface area contributed by atoms with Crippen molar-refractivity contribution >= 4 is 21.8 Å². The molecule has 17 heavy (non-hydrogen) atoms. The van der Waals surface area contributed by atoms with Gasteiger partial charge in [-0.1, -0.05) is 22.0 Å². The van der Waals surface area contributed by atoms with Crippen LogP contribution in [-0.4, -0.2) is 28.7 Å². The van der Waals surface area contributed by atoms with Gasteiger partial charge < -0.3 is 4.90 Å². The van der Waals surface area contributed by atoms with Crippen molar-refractivity contribution in [3.8, 4) is 0 Å². The molecule has 0 unspecified atom stereocenters. The van der Waals surface area contributed by atoms with E-state index >= 15 is 0 Å². The van der Waals surface area contributed by atoms with E-state index in [1.165, 1.54) is 12.1 Å². The molecule has 1 aromatic rings. The highest BCUT2D eigenvalue weighted by Gasteiger charge is 2.28. The van der Waals surface area contributed by atoms with E-state index in [1.54, 1.807) is 18.0 Å². The van der Waals surface area contributed by atoms with Gasteiger partial charge in [0.05, 0.1) is 0 Å². The highest BCUT2D eigenvalue weighted by atomic mass is 79.9. The zero-order chi connectivity index (χ0) is 13.2. The molecule has 0 atom stereocenters. The van der Waals surface area contributed by atoms with Crippen LogP contribution in [0.4, 0.5) is 4.39 Å². The van der Waals surface area contributed by atoms with E-state index in [4.69, 9.17) is 0 Å². The number of carbonyl (C=O) groups is 1. The number of nitrogens with zero attached hydrogens (tertiary/aromatic N) is 1. The Morgan fingerprint density at radius 3 is 2.59 bits per heavy atom. The molecular formula is C13H17BrFNO. The van der Waals surface area contributed by atoms with Crippen LogP contribution < -0.4 is 0 Å². The number of benzene rings is 1. The van der Waals surface area contributed by atoms with E-state index in [1.807, 2.05) is 20.8 Å². The average Bonchev–Trinajstić information content (AvgIpc) is 2.30. The Labute approximate surface area is 110 Å². The number of hydrogen-bond acceptors (Lipinski definition) is 1. The van der Waals surface area contributed by atoms with Crippen LogP contribution in [0.3, 0.4) is 0 Å². The molecule has 1 rings (SSSR count). The van der Waals surface area contributed by atoms with Gasteiger partial charge in [-0.15, -0.1) is 0 Å². The normalized spacial score (nSPS) is 11.4. The minimum atomic E-state index is -0.385. The van der Waals surface area contributed by atoms with Gasteiger partial charge in [0, 0.05) is 23.5 Å². The van der Waals surface area contributed by atoms with Crippen molar-refractivity contribution in [2.24, 2.45) is 0 Å². The van der Waals surface area contributed by atoms with Gasteiger partial charge >= 0.3 is 0 Å². The largest absolute Gasteiger partial charge is 0.336 e. The fourth-order valence-electron chi connectivity index (χ4n) is 1.37. The maximum Gasteiger partial charge on any atom is 0.254 e. The second-order valence-electron chi connectivity index (χ2n) is 4.77. The lowest BCUT2D eigenvalue weighted by Gasteiger charge is -2.34. The first-order valence-corrected chi connectivity index (χ1v) is 6.52. The van der Waals surface area contributed by atoms with Crippen LogP contribution in [0.2, 0.25) is 0 Å². The molecule has 1 amide bonds. The lowest BCUT2D eigenvalue weighted by molar-refractivity contribution is 0.0662. The van der Waals surface area contributed by atoms with Crippen molar-refractivity contribution in [3.63, 3.8) is 0 Å². The van der Waals surface area contributed by atoms with E-state index in [0.29, 0.717) is 10.9 Å². The van der Waals surface area contributed by atoms with E-state index in [2.05, 4.69) is 15.9 Å². The number of carbonyl (C=O) groups excluding carboxylic acids is 1. The number of hydrogen-bond donors (Lipinski definition) is 0. The molecule has 4 heteroatoms. The van der Waals surface area contributed by atoms with Crippen LogP contribution in [-0.2, 0) is 0 Å². The molecule has 0 fully saturated rings. The fourth-order valence-corrected chi connectivity index (χ4v) is 1.75. The van der Waals surface area contributed by atoms with E-state index < -0.39 is 0 Å². The maximum absolute atomic E-state index is 13.2. The molecule has 0 bridgehead atoms. The van der Waals surface area contributed by atoms with Crippen molar-refractivity contribution in [1.82, 2.24) is 4.90 Å². The van der Waals surface area contributed by atoms with Gasteiger partial charge in [-0.05, 0) is 38.5 Å². The van der Waals surface area contributed by atoms with Crippen molar-refractivity contribution in [2.75, 3.05) is 12.4 Å². The van der Waals surface area contributed by atoms with Crippen molar-refractivity contribution in [3.05, 3.63) is 35.1 Å². The maximum atomic E-state index is 13.2. The summed E-state index contributed by atoms with van der Waals surface area (Å²) in [6.45, 7) is 5.71. The highest BCUT2D eigenvalue weighted by molar-refractivity contribution is 9.09. The van der Waals surface area contributed by atoms with Crippen molar-refractivity contribution in [2.45, 2.75) is 26.3 Å². The first kappa shape index (κ1) is 14.2. The van der Waals surface area contributed by atoms with Gasteiger partial charge in [0.1, 0.15) is 5.82 Å². The van der Waals surface area contributed by atoms with Crippen LogP contribution in [0.15, 0.2) is 18.2 Å². The van der Waals surface area contributed by atoms with Crippen LogP contribution in [0.5, 0.6) is 0 Å². The molecular weight excluding hydrogens is 285 g/mol. The minimum Gasteiger partial charge on any atom is -0.336 e. The Kier molecular flexibility index (Phi) is 4.31. The Balaban J connectivity index is 3.08. The molecule has 2 nitrogen and oxygen atoms in total. The molecule has 0 aliphatic heterocycles. The molecule has 0 saturated heterocycles. The Hall–Kier alpha value is -0.900. The second kappa shape index (κ2) is 5.17. The third-order valence-corrected chi connectivity index (χ3v) is 4.34. The number of alkyl halides is 1. The van der Waals surface area contributed by atoms with Gasteiger partial charge in [-0.25, -0.2) is 4.39 Å². The lowest BCUT2D eigenvalue weighted by Crippen LogP contribution is -2.46. The number of amides is 1. The summed E-state index contributed by atoms with van der Waals surface area (Å²) in [7, 11) is 1.73. The summed E-state index contributed by atoms with van der Waals surface area (Å²) in [5.74, 6) is -0.546. The molecule has 0 N–H and O–H groups in total. The average molecular weight is 302 g/mol. The molecule has 0 aromatic heterocycles. The predicted molar refractivity (Wildman–Crippen MR) is 71.1 cm³/mol. The van der Waals surface area contributed by atoms with Crippen LogP contribution in [0, 0.1) is 12.7 Å². The van der Waals surface area contributed by atoms with Crippen LogP contribution in [0.25, 0.3) is 0 Å². The monoisotopic (exact) mass is 301 g/mol. The molecule has 1 aromatic carbocycles. The standard InChI is InChI=1S/C13H17BrFNO/c1-9-5-6-10(15)7-11(9)12(17)16(4)13(2,3)8-14/h5-7H,8H2,1-4H3. The van der Waals surface area contributed by atoms with Gasteiger partial charge in [0.25, 0.3) is 5.91 Å². The first-order chi connectivity index (χ1) is 7.79. The third-order valence-electron chi connectivity index (χ3n) is 2.97. The fraction of sp³-hybridized carbons (Fsp3) is 0.462. The third kappa shape index (κ3) is 3.06. The number of rotatable bonds is 3. The quantitative estimate of drug-likeness (QED) is 0.784. The minimum absolute atomic E-state index is 0.161. The molecule has 0 radical (unpaired) electrons. The summed E-state index contributed by atoms with van der Waals surface area (Å²) >= 11 is 3.38. The number of halogens is 2. The van der Waals surface area contributed by atoms with Gasteiger partial charge in [0.2, 0.25) is 0 Å². The first-order valence-electron chi connectivity index (χ1n) is 5.40. The summed E-state index contributed by atoms with van der Waals surface area (Å²) in [6.07, 6.45) is 0. The SMILES string of the molecule is Cc1ccc(F)cc1C(=O)N(C)C(C)(C)CBr. The molecule has 0 aliphatic carbocycles. The van der Waals surface area contributed by atoms with Gasteiger partial charge in [-0.3, -0.25) is 4.79 Å². The topological polar surface area (TPSA) is 20.3 Å². The summed E-state index contributed by atoms with van der Waals surface area (Å²) in [5, 5.41) is 0.663. The molecule has 94 valence electrons. The van der Waals surface area contributed by atoms with Crippen molar-refractivity contribution in [1.29, 1.82) is 0 Å². The summed E-state index contributed by atoms with van der Waals surface area (Å²) in [5.41, 5.74) is 0.894. The van der Waals surface area contributed by atoms with Crippen molar-refractivity contribution < 1.29 is 9.18 Å². The Bertz CT molecular complexity index is 431.